The number of aliphatic hydroxyl groups excluding tert-OH is 1. The molecule has 0 bridgehead atoms. The molecular weight excluding hydrogens is 646 g/mol. The van der Waals surface area contributed by atoms with E-state index in [1.807, 2.05) is 13.8 Å². The van der Waals surface area contributed by atoms with Gasteiger partial charge in [0.2, 0.25) is 5.91 Å². The number of anilines is 1. The van der Waals surface area contributed by atoms with Gasteiger partial charge in [-0.25, -0.2) is 9.50 Å². The predicted octanol–water partition coefficient (Wildman–Crippen LogP) is 3.63. The van der Waals surface area contributed by atoms with Crippen molar-refractivity contribution in [3.05, 3.63) is 54.6 Å². The highest BCUT2D eigenvalue weighted by molar-refractivity contribution is 7.99. The molecule has 48 heavy (non-hydrogen) atoms. The quantitative estimate of drug-likeness (QED) is 0.225. The normalized spacial score (nSPS) is 17.8. The first kappa shape index (κ1) is 33.8. The molecule has 2 aliphatic rings. The van der Waals surface area contributed by atoms with Crippen molar-refractivity contribution in [3.8, 4) is 17.0 Å². The number of piperidine rings is 1. The lowest BCUT2D eigenvalue weighted by Crippen LogP contribution is -2.53. The number of nitrogens with one attached hydrogen (secondary N) is 1. The Morgan fingerprint density at radius 3 is 2.77 bits per heavy atom. The van der Waals surface area contributed by atoms with Crippen LogP contribution in [0.25, 0.3) is 16.9 Å². The van der Waals surface area contributed by atoms with Gasteiger partial charge in [-0.3, -0.25) is 19.2 Å². The van der Waals surface area contributed by atoms with Gasteiger partial charge in [0, 0.05) is 66.5 Å². The molecule has 0 aliphatic carbocycles. The van der Waals surface area contributed by atoms with E-state index in [1.165, 1.54) is 39.4 Å². The number of benzene rings is 1. The summed E-state index contributed by atoms with van der Waals surface area (Å²) < 4.78 is 40.4. The number of morpholine rings is 1. The summed E-state index contributed by atoms with van der Waals surface area (Å²) in [4.78, 5) is 36.2. The Morgan fingerprint density at radius 2 is 2.02 bits per heavy atom. The Hall–Kier alpha value is -4.12. The summed E-state index contributed by atoms with van der Waals surface area (Å²) in [7, 11) is 0. The van der Waals surface area contributed by atoms with Gasteiger partial charge in [0.1, 0.15) is 23.6 Å². The Kier molecular flexibility index (Phi) is 10.5. The minimum atomic E-state index is -3.09. The van der Waals surface area contributed by atoms with Gasteiger partial charge in [-0.15, -0.1) is 11.8 Å². The molecule has 3 aromatic heterocycles. The molecule has 4 aromatic rings. The van der Waals surface area contributed by atoms with Crippen LogP contribution in [0.3, 0.4) is 0 Å². The van der Waals surface area contributed by atoms with E-state index in [-0.39, 0.29) is 58.7 Å². The third-order valence-corrected chi connectivity index (χ3v) is 9.33. The smallest absolute Gasteiger partial charge is 0.387 e. The highest BCUT2D eigenvalue weighted by Gasteiger charge is 2.31. The Bertz CT molecular complexity index is 1740. The second-order valence-electron chi connectivity index (χ2n) is 12.0. The molecule has 0 saturated carbocycles. The average molecular weight is 685 g/mol. The number of halogens is 2. The van der Waals surface area contributed by atoms with E-state index in [0.29, 0.717) is 37.9 Å². The molecule has 0 spiro atoms. The maximum Gasteiger partial charge on any atom is 0.387 e. The first-order chi connectivity index (χ1) is 23.2. The van der Waals surface area contributed by atoms with Crippen molar-refractivity contribution >= 4 is 34.9 Å². The molecule has 2 aliphatic heterocycles. The SMILES string of the molecule is CC(C)Sc1ccc(OC(F)F)c(-c2nn(CC(=O)N3CCC(N4CCO[C@@H](CO)C4)CC3)cc2NC(=O)c2cnn3cccnc23)c1. The summed E-state index contributed by atoms with van der Waals surface area (Å²) in [6.07, 6.45) is 7.51. The van der Waals surface area contributed by atoms with Gasteiger partial charge in [0.05, 0.1) is 31.2 Å². The molecule has 2 fully saturated rings. The Labute approximate surface area is 280 Å². The number of likely N-dealkylation sites (tertiary alicyclic amines) is 1. The van der Waals surface area contributed by atoms with Crippen LogP contribution in [-0.4, -0.2) is 114 Å². The van der Waals surface area contributed by atoms with Gasteiger partial charge in [-0.2, -0.15) is 19.0 Å². The Morgan fingerprint density at radius 1 is 1.21 bits per heavy atom. The lowest BCUT2D eigenvalue weighted by molar-refractivity contribution is -0.134. The fraction of sp³-hybridized carbons (Fsp3) is 0.469. The highest BCUT2D eigenvalue weighted by Crippen LogP contribution is 2.39. The van der Waals surface area contributed by atoms with Crippen molar-refractivity contribution in [2.45, 2.75) is 62.1 Å². The van der Waals surface area contributed by atoms with E-state index in [1.54, 1.807) is 35.5 Å². The monoisotopic (exact) mass is 684 g/mol. The average Bonchev–Trinajstić information content (AvgIpc) is 3.69. The summed E-state index contributed by atoms with van der Waals surface area (Å²) in [5.41, 5.74) is 1.16. The number of hydrogen-bond donors (Lipinski definition) is 2. The molecule has 2 saturated heterocycles. The van der Waals surface area contributed by atoms with Gasteiger partial charge >= 0.3 is 6.61 Å². The molecule has 256 valence electrons. The number of hydrogen-bond acceptors (Lipinski definition) is 10. The zero-order valence-electron chi connectivity index (χ0n) is 26.7. The molecule has 0 radical (unpaired) electrons. The van der Waals surface area contributed by atoms with Crippen LogP contribution in [0.1, 0.15) is 37.0 Å². The molecule has 1 aromatic carbocycles. The maximum atomic E-state index is 13.5. The van der Waals surface area contributed by atoms with Crippen molar-refractivity contribution < 1.29 is 33.0 Å². The maximum absolute atomic E-state index is 13.5. The highest BCUT2D eigenvalue weighted by atomic mass is 32.2. The topological polar surface area (TPSA) is 139 Å². The third kappa shape index (κ3) is 7.77. The van der Waals surface area contributed by atoms with Crippen LogP contribution in [0.2, 0.25) is 0 Å². The van der Waals surface area contributed by atoms with Gasteiger partial charge in [-0.1, -0.05) is 13.8 Å². The van der Waals surface area contributed by atoms with E-state index >= 15 is 0 Å². The van der Waals surface area contributed by atoms with Crippen LogP contribution < -0.4 is 10.1 Å². The van der Waals surface area contributed by atoms with Crippen LogP contribution in [0.5, 0.6) is 5.75 Å². The standard InChI is InChI=1S/C32H38F2N8O5S/c1-20(2)48-23-4-5-27(47-32(33)34)24(14-23)29-26(37-31(45)25-15-36-42-9-3-8-35-30(25)42)17-41(38-29)18-28(44)39-10-6-21(7-11-39)40-12-13-46-22(16-40)19-43/h3-5,8-9,14-15,17,20-22,32,43H,6-7,10-13,16,18-19H2,1-2H3,(H,37,45)/t22-/m1/s1. The number of nitrogens with zero attached hydrogens (tertiary/aromatic N) is 7. The van der Waals surface area contributed by atoms with E-state index in [9.17, 15) is 23.5 Å². The number of carbonyl (C=O) groups excluding carboxylic acids is 2. The summed E-state index contributed by atoms with van der Waals surface area (Å²) in [6.45, 7) is 3.94. The number of ether oxygens (including phenoxy) is 2. The van der Waals surface area contributed by atoms with Gasteiger partial charge in [-0.05, 0) is 37.1 Å². The Balaban J connectivity index is 1.26. The molecule has 1 atom stereocenters. The first-order valence-electron chi connectivity index (χ1n) is 15.9. The molecule has 5 heterocycles. The van der Waals surface area contributed by atoms with Gasteiger partial charge in [0.15, 0.2) is 5.65 Å². The fourth-order valence-electron chi connectivity index (χ4n) is 6.11. The molecule has 0 unspecified atom stereocenters. The minimum absolute atomic E-state index is 0.0190. The number of aromatic nitrogens is 5. The molecule has 2 N–H and O–H groups in total. The van der Waals surface area contributed by atoms with Crippen LogP contribution in [0.15, 0.2) is 53.9 Å². The number of carbonyl (C=O) groups is 2. The van der Waals surface area contributed by atoms with Crippen LogP contribution in [0, 0.1) is 0 Å². The zero-order chi connectivity index (χ0) is 33.8. The van der Waals surface area contributed by atoms with Gasteiger partial charge in [0.25, 0.3) is 5.91 Å². The van der Waals surface area contributed by atoms with Crippen molar-refractivity contribution in [3.63, 3.8) is 0 Å². The number of rotatable bonds is 11. The zero-order valence-corrected chi connectivity index (χ0v) is 27.5. The van der Waals surface area contributed by atoms with Crippen LogP contribution >= 0.6 is 11.8 Å². The van der Waals surface area contributed by atoms with Crippen LogP contribution in [-0.2, 0) is 16.1 Å². The third-order valence-electron chi connectivity index (χ3n) is 8.33. The largest absolute Gasteiger partial charge is 0.434 e. The molecular formula is C32H38F2N8O5S. The van der Waals surface area contributed by atoms with E-state index in [4.69, 9.17) is 9.47 Å². The second kappa shape index (κ2) is 15.0. The number of amides is 2. The summed E-state index contributed by atoms with van der Waals surface area (Å²) in [6, 6.07) is 6.83. The van der Waals surface area contributed by atoms with Crippen molar-refractivity contribution in [1.82, 2.24) is 34.2 Å². The summed E-state index contributed by atoms with van der Waals surface area (Å²) >= 11 is 1.53. The summed E-state index contributed by atoms with van der Waals surface area (Å²) in [5.74, 6) is -0.805. The molecule has 2 amide bonds. The van der Waals surface area contributed by atoms with Crippen molar-refractivity contribution in [2.24, 2.45) is 0 Å². The van der Waals surface area contributed by atoms with E-state index in [0.717, 1.165) is 24.3 Å². The van der Waals surface area contributed by atoms with Crippen LogP contribution in [0.4, 0.5) is 14.5 Å². The second-order valence-corrected chi connectivity index (χ2v) is 13.6. The van der Waals surface area contributed by atoms with E-state index < -0.39 is 12.5 Å². The van der Waals surface area contributed by atoms with E-state index in [2.05, 4.69) is 25.4 Å². The van der Waals surface area contributed by atoms with Gasteiger partial charge < -0.3 is 24.8 Å². The fourth-order valence-corrected chi connectivity index (χ4v) is 6.99. The molecule has 13 nitrogen and oxygen atoms in total. The van der Waals surface area contributed by atoms with Crippen molar-refractivity contribution in [1.29, 1.82) is 0 Å². The predicted molar refractivity (Wildman–Crippen MR) is 174 cm³/mol. The number of alkyl halides is 2. The number of fused-ring (bicyclic) bond motifs is 1. The van der Waals surface area contributed by atoms with Crippen molar-refractivity contribution in [2.75, 3.05) is 44.7 Å². The lowest BCUT2D eigenvalue weighted by atomic mass is 10.0. The minimum Gasteiger partial charge on any atom is -0.434 e. The molecule has 16 heteroatoms. The number of thioether (sulfide) groups is 1. The number of aliphatic hydroxyl groups is 1. The first-order valence-corrected chi connectivity index (χ1v) is 16.7. The summed E-state index contributed by atoms with van der Waals surface area (Å²) in [5, 5.41) is 21.4. The lowest BCUT2D eigenvalue weighted by Gasteiger charge is -2.42. The molecule has 6 rings (SSSR count).